The van der Waals surface area contributed by atoms with Crippen LogP contribution in [0.15, 0.2) is 60.7 Å². The molecule has 16 heavy (non-hydrogen) atoms. The predicted molar refractivity (Wildman–Crippen MR) is 75.0 cm³/mol. The summed E-state index contributed by atoms with van der Waals surface area (Å²) >= 11 is 5.53. The van der Waals surface area contributed by atoms with Crippen molar-refractivity contribution in [2.45, 2.75) is 11.5 Å². The van der Waals surface area contributed by atoms with Gasteiger partial charge in [0.2, 0.25) is 0 Å². The van der Waals surface area contributed by atoms with Crippen LogP contribution in [-0.2, 0) is 32.1 Å². The average molecular weight is 246 g/mol. The highest BCUT2D eigenvalue weighted by molar-refractivity contribution is 8.27. The Morgan fingerprint density at radius 2 is 1.06 bits per heavy atom. The van der Waals surface area contributed by atoms with Gasteiger partial charge in [-0.2, -0.15) is 0 Å². The molecule has 0 aliphatic rings. The summed E-state index contributed by atoms with van der Waals surface area (Å²) in [6, 6.07) is 21.0. The van der Waals surface area contributed by atoms with E-state index in [0.717, 1.165) is 11.5 Å². The van der Waals surface area contributed by atoms with Crippen LogP contribution in [0.1, 0.15) is 11.1 Å². The zero-order chi connectivity index (χ0) is 11.2. The van der Waals surface area contributed by atoms with Crippen molar-refractivity contribution in [3.63, 3.8) is 0 Å². The topological polar surface area (TPSA) is 0 Å². The number of rotatable bonds is 4. The lowest BCUT2D eigenvalue weighted by atomic mass is 10.2. The fourth-order valence-corrected chi connectivity index (χ4v) is 3.62. The fourth-order valence-electron chi connectivity index (χ4n) is 1.57. The summed E-state index contributed by atoms with van der Waals surface area (Å²) in [5.74, 6) is 2.01. The van der Waals surface area contributed by atoms with Crippen LogP contribution >= 0.6 is 0 Å². The molecule has 0 unspecified atom stereocenters. The first-order chi connectivity index (χ1) is 7.84. The summed E-state index contributed by atoms with van der Waals surface area (Å²) in [4.78, 5) is 0. The number of benzene rings is 2. The van der Waals surface area contributed by atoms with Crippen LogP contribution in [0, 0.1) is 0 Å². The quantitative estimate of drug-likeness (QED) is 0.796. The third-order valence-electron chi connectivity index (χ3n) is 2.34. The van der Waals surface area contributed by atoms with Crippen LogP contribution in [0.2, 0.25) is 0 Å². The molecule has 0 spiro atoms. The second kappa shape index (κ2) is 5.92. The summed E-state index contributed by atoms with van der Waals surface area (Å²) in [7, 11) is 0.0114. The van der Waals surface area contributed by atoms with Crippen molar-refractivity contribution in [2.24, 2.45) is 0 Å². The molecule has 2 aromatic carbocycles. The average Bonchev–Trinajstić information content (AvgIpc) is 2.31. The fraction of sp³-hybridized carbons (Fsp3) is 0.143. The zero-order valence-corrected chi connectivity index (χ0v) is 10.6. The van der Waals surface area contributed by atoms with Gasteiger partial charge in [0, 0.05) is 11.5 Å². The Kier molecular flexibility index (Phi) is 4.25. The molecule has 82 valence electrons. The monoisotopic (exact) mass is 246 g/mol. The SMILES string of the molecule is S=S(Cc1ccccc1)Cc1ccccc1. The largest absolute Gasteiger partial charge is 0.113 e. The van der Waals surface area contributed by atoms with Crippen LogP contribution in [0.3, 0.4) is 0 Å². The van der Waals surface area contributed by atoms with Gasteiger partial charge in [-0.3, -0.25) is 0 Å². The molecule has 0 aliphatic heterocycles. The van der Waals surface area contributed by atoms with Gasteiger partial charge in [0.15, 0.2) is 0 Å². The highest BCUT2D eigenvalue weighted by atomic mass is 32.8. The molecule has 0 heterocycles. The molecule has 0 N–H and O–H groups in total. The van der Waals surface area contributed by atoms with Gasteiger partial charge in [0.25, 0.3) is 0 Å². The van der Waals surface area contributed by atoms with E-state index in [0.29, 0.717) is 0 Å². The standard InChI is InChI=1S/C14H14S2/c15-16(11-13-7-3-1-4-8-13)12-14-9-5-2-6-10-14/h1-10H,11-12H2. The summed E-state index contributed by atoms with van der Waals surface area (Å²) in [5.41, 5.74) is 2.69. The van der Waals surface area contributed by atoms with Crippen molar-refractivity contribution >= 4 is 20.6 Å². The Hall–Kier alpha value is -0.990. The Bertz CT molecular complexity index is 405. The highest BCUT2D eigenvalue weighted by Crippen LogP contribution is 2.08. The Morgan fingerprint density at radius 3 is 1.44 bits per heavy atom. The van der Waals surface area contributed by atoms with Crippen LogP contribution in [0.4, 0.5) is 0 Å². The molecule has 0 fully saturated rings. The minimum atomic E-state index is 0.0114. The smallest absolute Gasteiger partial charge is 0.0234 e. The van der Waals surface area contributed by atoms with Gasteiger partial charge in [-0.15, -0.1) is 9.45 Å². The van der Waals surface area contributed by atoms with E-state index in [4.69, 9.17) is 11.2 Å². The molecule has 0 saturated carbocycles. The lowest BCUT2D eigenvalue weighted by molar-refractivity contribution is 1.36. The van der Waals surface area contributed by atoms with E-state index in [1.807, 2.05) is 12.1 Å². The molecule has 0 amide bonds. The summed E-state index contributed by atoms with van der Waals surface area (Å²) in [6.45, 7) is 0. The van der Waals surface area contributed by atoms with Crippen molar-refractivity contribution in [2.75, 3.05) is 0 Å². The molecule has 2 heteroatoms. The van der Waals surface area contributed by atoms with Crippen molar-refractivity contribution < 1.29 is 0 Å². The minimum Gasteiger partial charge on any atom is -0.113 e. The molecule has 2 rings (SSSR count). The second-order valence-corrected chi connectivity index (χ2v) is 6.57. The van der Waals surface area contributed by atoms with Crippen LogP contribution in [0.25, 0.3) is 0 Å². The van der Waals surface area contributed by atoms with Crippen molar-refractivity contribution in [1.29, 1.82) is 0 Å². The summed E-state index contributed by atoms with van der Waals surface area (Å²) in [6.07, 6.45) is 0. The van der Waals surface area contributed by atoms with Gasteiger partial charge < -0.3 is 0 Å². The second-order valence-electron chi connectivity index (χ2n) is 3.70. The van der Waals surface area contributed by atoms with Crippen molar-refractivity contribution in [3.8, 4) is 0 Å². The van der Waals surface area contributed by atoms with Gasteiger partial charge in [-0.25, -0.2) is 0 Å². The predicted octanol–water partition coefficient (Wildman–Crippen LogP) is 3.47. The molecule has 0 atom stereocenters. The maximum absolute atomic E-state index is 5.53. The van der Waals surface area contributed by atoms with E-state index in [1.165, 1.54) is 11.1 Å². The van der Waals surface area contributed by atoms with Crippen LogP contribution < -0.4 is 0 Å². The van der Waals surface area contributed by atoms with E-state index < -0.39 is 0 Å². The van der Waals surface area contributed by atoms with E-state index in [1.54, 1.807) is 0 Å². The molecule has 2 aromatic rings. The first-order valence-electron chi connectivity index (χ1n) is 5.27. The maximum atomic E-state index is 5.53. The molecule has 0 radical (unpaired) electrons. The number of hydrogen-bond acceptors (Lipinski definition) is 1. The van der Waals surface area contributed by atoms with Gasteiger partial charge in [0.1, 0.15) is 0 Å². The first kappa shape index (κ1) is 11.5. The zero-order valence-electron chi connectivity index (χ0n) is 9.00. The molecular formula is C14H14S2. The highest BCUT2D eigenvalue weighted by Gasteiger charge is 1.98. The molecule has 0 nitrogen and oxygen atoms in total. The van der Waals surface area contributed by atoms with Crippen molar-refractivity contribution in [3.05, 3.63) is 71.8 Å². The Balaban J connectivity index is 1.95. The van der Waals surface area contributed by atoms with Gasteiger partial charge in [-0.05, 0) is 11.1 Å². The normalized spacial score (nSPS) is 10.6. The minimum absolute atomic E-state index is 0.0114. The summed E-state index contributed by atoms with van der Waals surface area (Å²) in [5, 5.41) is 0. The lowest BCUT2D eigenvalue weighted by Gasteiger charge is -2.05. The molecule has 0 aliphatic carbocycles. The third kappa shape index (κ3) is 3.54. The number of hydrogen-bond donors (Lipinski definition) is 0. The first-order valence-corrected chi connectivity index (χ1v) is 7.76. The van der Waals surface area contributed by atoms with Crippen LogP contribution in [0.5, 0.6) is 0 Å². The summed E-state index contributed by atoms with van der Waals surface area (Å²) < 4.78 is 0. The molecule has 0 bridgehead atoms. The lowest BCUT2D eigenvalue weighted by Crippen LogP contribution is -1.97. The Morgan fingerprint density at radius 1 is 0.688 bits per heavy atom. The van der Waals surface area contributed by atoms with Crippen molar-refractivity contribution in [1.82, 2.24) is 0 Å². The molecule has 0 saturated heterocycles. The molecular weight excluding hydrogens is 232 g/mol. The van der Waals surface area contributed by atoms with Gasteiger partial charge in [0.05, 0.1) is 0 Å². The van der Waals surface area contributed by atoms with Crippen LogP contribution in [-0.4, -0.2) is 0 Å². The molecule has 0 aromatic heterocycles. The van der Waals surface area contributed by atoms with E-state index in [9.17, 15) is 0 Å². The maximum Gasteiger partial charge on any atom is 0.0234 e. The van der Waals surface area contributed by atoms with E-state index in [2.05, 4.69) is 48.5 Å². The van der Waals surface area contributed by atoms with E-state index in [-0.39, 0.29) is 9.45 Å². The van der Waals surface area contributed by atoms with E-state index >= 15 is 0 Å². The van der Waals surface area contributed by atoms with Gasteiger partial charge in [-0.1, -0.05) is 71.9 Å². The third-order valence-corrected chi connectivity index (χ3v) is 4.36. The Labute approximate surface area is 104 Å². The van der Waals surface area contributed by atoms with Gasteiger partial charge >= 0.3 is 0 Å².